The van der Waals surface area contributed by atoms with E-state index in [2.05, 4.69) is 76.8 Å². The van der Waals surface area contributed by atoms with Gasteiger partial charge in [0.1, 0.15) is 10.6 Å². The number of nitrogens with one attached hydrogen (secondary N) is 1. The molecule has 5 heteroatoms. The first-order valence-corrected chi connectivity index (χ1v) is 11.7. The van der Waals surface area contributed by atoms with Crippen LogP contribution in [0.1, 0.15) is 41.2 Å². The summed E-state index contributed by atoms with van der Waals surface area (Å²) in [6.45, 7) is 2.93. The molecule has 0 atom stereocenters. The summed E-state index contributed by atoms with van der Waals surface area (Å²) in [5, 5.41) is 4.79. The summed E-state index contributed by atoms with van der Waals surface area (Å²) < 4.78 is 0. The van der Waals surface area contributed by atoms with Crippen LogP contribution in [0.5, 0.6) is 0 Å². The Morgan fingerprint density at radius 3 is 2.40 bits per heavy atom. The van der Waals surface area contributed by atoms with Crippen molar-refractivity contribution >= 4 is 39.0 Å². The van der Waals surface area contributed by atoms with Crippen LogP contribution in [0.4, 0.5) is 5.82 Å². The molecule has 1 fully saturated rings. The average molecular weight is 434 g/mol. The molecule has 2 aromatic heterocycles. The van der Waals surface area contributed by atoms with Gasteiger partial charge in [-0.2, -0.15) is 0 Å². The molecule has 30 heavy (non-hydrogen) atoms. The Balaban J connectivity index is 1.17. The SMILES string of the molecule is Cc1cc2c(NCCCc3ccc(-c4ccc(C5CC5)cc4)cc3)nc(Cl)nc2s1. The lowest BCUT2D eigenvalue weighted by Crippen LogP contribution is -2.05. The van der Waals surface area contributed by atoms with Crippen molar-refractivity contribution in [2.75, 3.05) is 11.9 Å². The third kappa shape index (κ3) is 4.35. The van der Waals surface area contributed by atoms with Gasteiger partial charge >= 0.3 is 0 Å². The van der Waals surface area contributed by atoms with Crippen LogP contribution in [0.2, 0.25) is 5.28 Å². The summed E-state index contributed by atoms with van der Waals surface area (Å²) >= 11 is 7.72. The Labute approximate surface area is 186 Å². The number of thiophene rings is 1. The number of anilines is 1. The third-order valence-corrected chi connectivity index (χ3v) is 6.78. The zero-order valence-electron chi connectivity index (χ0n) is 17.0. The normalized spacial score (nSPS) is 13.7. The Bertz CT molecular complexity index is 1160. The van der Waals surface area contributed by atoms with E-state index in [1.807, 2.05) is 0 Å². The van der Waals surface area contributed by atoms with Crippen molar-refractivity contribution in [3.05, 3.63) is 75.9 Å². The summed E-state index contributed by atoms with van der Waals surface area (Å²) in [5.74, 6) is 1.65. The fourth-order valence-electron chi connectivity index (χ4n) is 3.88. The van der Waals surface area contributed by atoms with E-state index in [1.165, 1.54) is 40.0 Å². The van der Waals surface area contributed by atoms with E-state index >= 15 is 0 Å². The fourth-order valence-corrected chi connectivity index (χ4v) is 4.98. The van der Waals surface area contributed by atoms with Gasteiger partial charge in [0, 0.05) is 11.4 Å². The molecular weight excluding hydrogens is 410 g/mol. The van der Waals surface area contributed by atoms with Crippen LogP contribution in [0.25, 0.3) is 21.3 Å². The average Bonchev–Trinajstić information content (AvgIpc) is 3.53. The highest BCUT2D eigenvalue weighted by Crippen LogP contribution is 2.40. The molecule has 0 saturated heterocycles. The second-order valence-corrected chi connectivity index (χ2v) is 9.61. The first-order valence-electron chi connectivity index (χ1n) is 10.5. The first-order chi connectivity index (χ1) is 14.7. The quantitative estimate of drug-likeness (QED) is 0.246. The van der Waals surface area contributed by atoms with Crippen LogP contribution in [-0.4, -0.2) is 16.5 Å². The minimum absolute atomic E-state index is 0.299. The molecule has 5 rings (SSSR count). The molecule has 1 N–H and O–H groups in total. The number of aryl methyl sites for hydroxylation is 2. The van der Waals surface area contributed by atoms with Gasteiger partial charge in [0.2, 0.25) is 5.28 Å². The van der Waals surface area contributed by atoms with Crippen LogP contribution in [-0.2, 0) is 6.42 Å². The number of aromatic nitrogens is 2. The molecule has 0 unspecified atom stereocenters. The Morgan fingerprint density at radius 1 is 1.00 bits per heavy atom. The standard InChI is InChI=1S/C25H24ClN3S/c1-16-15-22-23(28-25(26)29-24(22)30-16)27-14-2-3-17-4-6-18(7-5-17)19-8-10-20(11-9-19)21-12-13-21/h4-11,15,21H,2-3,12-14H2,1H3,(H,27,28,29). The Kier molecular flexibility index (Phi) is 5.45. The summed E-state index contributed by atoms with van der Waals surface area (Å²) in [4.78, 5) is 10.8. The molecule has 4 aromatic rings. The summed E-state index contributed by atoms with van der Waals surface area (Å²) in [6, 6.07) is 20.2. The predicted molar refractivity (Wildman–Crippen MR) is 128 cm³/mol. The molecule has 0 radical (unpaired) electrons. The number of fused-ring (bicyclic) bond motifs is 1. The van der Waals surface area contributed by atoms with Crippen molar-refractivity contribution in [1.82, 2.24) is 9.97 Å². The largest absolute Gasteiger partial charge is 0.369 e. The topological polar surface area (TPSA) is 37.8 Å². The van der Waals surface area contributed by atoms with Crippen molar-refractivity contribution in [2.24, 2.45) is 0 Å². The van der Waals surface area contributed by atoms with Gasteiger partial charge in [0.05, 0.1) is 5.39 Å². The van der Waals surface area contributed by atoms with Crippen LogP contribution < -0.4 is 5.32 Å². The first kappa shape index (κ1) is 19.5. The lowest BCUT2D eigenvalue weighted by Gasteiger charge is -2.08. The van der Waals surface area contributed by atoms with E-state index < -0.39 is 0 Å². The zero-order chi connectivity index (χ0) is 20.5. The lowest BCUT2D eigenvalue weighted by atomic mass is 10.00. The van der Waals surface area contributed by atoms with Crippen molar-refractivity contribution in [3.63, 3.8) is 0 Å². The van der Waals surface area contributed by atoms with Gasteiger partial charge in [0.15, 0.2) is 0 Å². The van der Waals surface area contributed by atoms with E-state index in [4.69, 9.17) is 11.6 Å². The number of nitrogens with zero attached hydrogens (tertiary/aromatic N) is 2. The second-order valence-electron chi connectivity index (χ2n) is 8.04. The maximum atomic E-state index is 6.08. The number of halogens is 1. The van der Waals surface area contributed by atoms with Crippen molar-refractivity contribution in [2.45, 2.75) is 38.5 Å². The Hall–Kier alpha value is -2.43. The molecule has 1 aliphatic rings. The number of rotatable bonds is 7. The van der Waals surface area contributed by atoms with E-state index in [0.29, 0.717) is 5.28 Å². The number of hydrogen-bond donors (Lipinski definition) is 1. The molecule has 2 heterocycles. The van der Waals surface area contributed by atoms with Gasteiger partial charge in [-0.25, -0.2) is 9.97 Å². The van der Waals surface area contributed by atoms with Gasteiger partial charge < -0.3 is 5.32 Å². The van der Waals surface area contributed by atoms with Crippen LogP contribution >= 0.6 is 22.9 Å². The molecule has 0 bridgehead atoms. The van der Waals surface area contributed by atoms with Crippen molar-refractivity contribution in [1.29, 1.82) is 0 Å². The number of benzene rings is 2. The Morgan fingerprint density at radius 2 is 1.70 bits per heavy atom. The molecular formula is C25H24ClN3S. The molecule has 0 spiro atoms. The maximum absolute atomic E-state index is 6.08. The fraction of sp³-hybridized carbons (Fsp3) is 0.280. The molecule has 3 nitrogen and oxygen atoms in total. The summed E-state index contributed by atoms with van der Waals surface area (Å²) in [7, 11) is 0. The van der Waals surface area contributed by atoms with Gasteiger partial charge in [-0.15, -0.1) is 11.3 Å². The smallest absolute Gasteiger partial charge is 0.225 e. The predicted octanol–water partition coefficient (Wildman–Crippen LogP) is 7.24. The van der Waals surface area contributed by atoms with E-state index in [0.717, 1.165) is 41.3 Å². The van der Waals surface area contributed by atoms with Gasteiger partial charge in [-0.3, -0.25) is 0 Å². The van der Waals surface area contributed by atoms with E-state index in [9.17, 15) is 0 Å². The minimum atomic E-state index is 0.299. The highest BCUT2D eigenvalue weighted by Gasteiger charge is 2.22. The monoisotopic (exact) mass is 433 g/mol. The van der Waals surface area contributed by atoms with Gasteiger partial charge in [0.25, 0.3) is 0 Å². The van der Waals surface area contributed by atoms with Crippen LogP contribution in [0.3, 0.4) is 0 Å². The molecule has 1 saturated carbocycles. The highest BCUT2D eigenvalue weighted by molar-refractivity contribution is 7.18. The van der Waals surface area contributed by atoms with E-state index in [-0.39, 0.29) is 0 Å². The van der Waals surface area contributed by atoms with Crippen molar-refractivity contribution in [3.8, 4) is 11.1 Å². The van der Waals surface area contributed by atoms with E-state index in [1.54, 1.807) is 11.3 Å². The zero-order valence-corrected chi connectivity index (χ0v) is 18.6. The second kappa shape index (κ2) is 8.37. The third-order valence-electron chi connectivity index (χ3n) is 5.67. The van der Waals surface area contributed by atoms with Crippen LogP contribution in [0, 0.1) is 6.92 Å². The lowest BCUT2D eigenvalue weighted by molar-refractivity contribution is 0.860. The van der Waals surface area contributed by atoms with Gasteiger partial charge in [-0.1, -0.05) is 48.5 Å². The molecule has 1 aliphatic carbocycles. The van der Waals surface area contributed by atoms with Crippen molar-refractivity contribution < 1.29 is 0 Å². The number of hydrogen-bond acceptors (Lipinski definition) is 4. The molecule has 0 aliphatic heterocycles. The minimum Gasteiger partial charge on any atom is -0.369 e. The highest BCUT2D eigenvalue weighted by atomic mass is 35.5. The van der Waals surface area contributed by atoms with Gasteiger partial charge in [-0.05, 0) is 78.4 Å². The molecule has 152 valence electrons. The molecule has 0 amide bonds. The maximum Gasteiger partial charge on any atom is 0.225 e. The molecule has 2 aromatic carbocycles. The van der Waals surface area contributed by atoms with Crippen LogP contribution in [0.15, 0.2) is 54.6 Å². The summed E-state index contributed by atoms with van der Waals surface area (Å²) in [6.07, 6.45) is 4.76. The summed E-state index contributed by atoms with van der Waals surface area (Å²) in [5.41, 5.74) is 5.42.